The molecule has 0 radical (unpaired) electrons. The molecule has 0 saturated carbocycles. The Balaban J connectivity index is 1.54. The summed E-state index contributed by atoms with van der Waals surface area (Å²) in [4.78, 5) is 13.4. The molecule has 4 aromatic rings. The van der Waals surface area contributed by atoms with Gasteiger partial charge in [0.25, 0.3) is 5.56 Å². The van der Waals surface area contributed by atoms with Gasteiger partial charge in [-0.2, -0.15) is 14.7 Å². The monoisotopic (exact) mass is 368 g/mol. The average Bonchev–Trinajstić information content (AvgIpc) is 3.36. The van der Waals surface area contributed by atoms with Crippen LogP contribution in [0.1, 0.15) is 35.5 Å². The summed E-state index contributed by atoms with van der Waals surface area (Å²) in [6, 6.07) is 7.53. The van der Waals surface area contributed by atoms with Crippen LogP contribution in [0.4, 0.5) is 0 Å². The van der Waals surface area contributed by atoms with Crippen molar-refractivity contribution in [1.29, 1.82) is 0 Å². The highest BCUT2D eigenvalue weighted by Gasteiger charge is 2.25. The number of hydrogen-bond acceptors (Lipinski definition) is 7. The Kier molecular flexibility index (Phi) is 3.57. The van der Waals surface area contributed by atoms with Crippen molar-refractivity contribution in [3.63, 3.8) is 0 Å². The van der Waals surface area contributed by atoms with E-state index in [-0.39, 0.29) is 11.7 Å². The van der Waals surface area contributed by atoms with Gasteiger partial charge in [-0.1, -0.05) is 29.5 Å². The van der Waals surface area contributed by atoms with Crippen LogP contribution in [0.5, 0.6) is 0 Å². The van der Waals surface area contributed by atoms with E-state index in [0.717, 1.165) is 41.4 Å². The molecule has 3 aromatic heterocycles. The zero-order chi connectivity index (χ0) is 17.7. The second-order valence-corrected chi connectivity index (χ2v) is 7.38. The number of fused-ring (bicyclic) bond motifs is 2. The Hall–Kier alpha value is -2.65. The fourth-order valence-electron chi connectivity index (χ4n) is 3.36. The molecular weight excluding hydrogens is 352 g/mol. The average molecular weight is 368 g/mol. The topological polar surface area (TPSA) is 87.2 Å². The molecule has 1 fully saturated rings. The van der Waals surface area contributed by atoms with Crippen LogP contribution in [0.25, 0.3) is 15.7 Å². The summed E-state index contributed by atoms with van der Waals surface area (Å²) >= 11 is 1.41. The molecule has 0 amide bonds. The first-order valence-electron chi connectivity index (χ1n) is 8.50. The molecule has 9 heteroatoms. The molecule has 0 aliphatic carbocycles. The fraction of sp³-hybridized carbons (Fsp3) is 0.353. The summed E-state index contributed by atoms with van der Waals surface area (Å²) in [6.45, 7) is 2.96. The third-order valence-electron chi connectivity index (χ3n) is 4.61. The summed E-state index contributed by atoms with van der Waals surface area (Å²) in [5.74, 6) is 0.731. The van der Waals surface area contributed by atoms with Crippen molar-refractivity contribution < 1.29 is 4.74 Å². The number of aromatic nitrogens is 6. The first-order valence-corrected chi connectivity index (χ1v) is 9.31. The minimum atomic E-state index is -0.114. The molecule has 4 heterocycles. The predicted molar refractivity (Wildman–Crippen MR) is 96.4 cm³/mol. The van der Waals surface area contributed by atoms with Gasteiger partial charge in [-0.3, -0.25) is 4.79 Å². The first kappa shape index (κ1) is 15.6. The van der Waals surface area contributed by atoms with E-state index in [1.807, 2.05) is 31.2 Å². The molecule has 0 bridgehead atoms. The second-order valence-electron chi connectivity index (χ2n) is 6.34. The number of ether oxygens (including phenoxy) is 1. The standard InChI is InChI=1S/C17H16N6O2S/c1-10-11-5-2-3-6-12(11)16(24)22(20-10)9-14-21-23-15(13-7-4-8-25-13)18-19-17(23)26-14/h2-3,5-6,13H,4,7-9H2,1H3/t13-/m0/s1. The Labute approximate surface area is 152 Å². The highest BCUT2D eigenvalue weighted by molar-refractivity contribution is 7.16. The van der Waals surface area contributed by atoms with Crippen molar-refractivity contribution in [2.75, 3.05) is 6.61 Å². The van der Waals surface area contributed by atoms with Gasteiger partial charge in [0, 0.05) is 12.0 Å². The summed E-state index contributed by atoms with van der Waals surface area (Å²) < 4.78 is 8.89. The van der Waals surface area contributed by atoms with Crippen molar-refractivity contribution in [2.24, 2.45) is 0 Å². The van der Waals surface area contributed by atoms with Crippen molar-refractivity contribution in [1.82, 2.24) is 29.6 Å². The van der Waals surface area contributed by atoms with Crippen LogP contribution in [0.15, 0.2) is 29.1 Å². The van der Waals surface area contributed by atoms with Crippen LogP contribution in [0.2, 0.25) is 0 Å². The molecule has 0 N–H and O–H groups in total. The van der Waals surface area contributed by atoms with Gasteiger partial charge >= 0.3 is 0 Å². The predicted octanol–water partition coefficient (Wildman–Crippen LogP) is 2.10. The number of rotatable bonds is 3. The van der Waals surface area contributed by atoms with Gasteiger partial charge in [0.15, 0.2) is 5.82 Å². The molecule has 1 aromatic carbocycles. The van der Waals surface area contributed by atoms with Gasteiger partial charge in [-0.25, -0.2) is 4.68 Å². The lowest BCUT2D eigenvalue weighted by atomic mass is 10.1. The molecule has 0 spiro atoms. The smallest absolute Gasteiger partial charge is 0.275 e. The molecule has 0 unspecified atom stereocenters. The maximum absolute atomic E-state index is 12.7. The van der Waals surface area contributed by atoms with Gasteiger partial charge < -0.3 is 4.74 Å². The minimum absolute atomic E-state index is 0.0521. The van der Waals surface area contributed by atoms with E-state index in [0.29, 0.717) is 16.9 Å². The Morgan fingerprint density at radius 3 is 2.88 bits per heavy atom. The maximum atomic E-state index is 12.7. The van der Waals surface area contributed by atoms with Crippen LogP contribution in [0.3, 0.4) is 0 Å². The molecule has 26 heavy (non-hydrogen) atoms. The van der Waals surface area contributed by atoms with E-state index >= 15 is 0 Å². The summed E-state index contributed by atoms with van der Waals surface area (Å²) in [5.41, 5.74) is 0.708. The number of hydrogen-bond donors (Lipinski definition) is 0. The van der Waals surface area contributed by atoms with Crippen LogP contribution in [-0.4, -0.2) is 36.2 Å². The van der Waals surface area contributed by atoms with Crippen molar-refractivity contribution in [3.8, 4) is 0 Å². The van der Waals surface area contributed by atoms with E-state index in [1.54, 1.807) is 4.52 Å². The van der Waals surface area contributed by atoms with Crippen molar-refractivity contribution in [2.45, 2.75) is 32.4 Å². The maximum Gasteiger partial charge on any atom is 0.275 e. The van der Waals surface area contributed by atoms with Gasteiger partial charge in [0.05, 0.1) is 17.6 Å². The van der Waals surface area contributed by atoms with Crippen LogP contribution in [0, 0.1) is 6.92 Å². The molecule has 5 rings (SSSR count). The van der Waals surface area contributed by atoms with Crippen LogP contribution >= 0.6 is 11.3 Å². The summed E-state index contributed by atoms with van der Waals surface area (Å²) in [5, 5.41) is 19.8. The Bertz CT molecular complexity index is 1170. The van der Waals surface area contributed by atoms with E-state index in [9.17, 15) is 4.79 Å². The lowest BCUT2D eigenvalue weighted by Gasteiger charge is -2.07. The molecule has 132 valence electrons. The summed E-state index contributed by atoms with van der Waals surface area (Å²) in [7, 11) is 0. The largest absolute Gasteiger partial charge is 0.370 e. The molecule has 1 aliphatic rings. The molecule has 1 aliphatic heterocycles. The highest BCUT2D eigenvalue weighted by Crippen LogP contribution is 2.28. The zero-order valence-electron chi connectivity index (χ0n) is 14.1. The lowest BCUT2D eigenvalue weighted by Crippen LogP contribution is -2.24. The SMILES string of the molecule is Cc1nn(Cc2nn3c([C@@H]4CCCO4)nnc3s2)c(=O)c2ccccc12. The van der Waals surface area contributed by atoms with Gasteiger partial charge in [-0.05, 0) is 25.8 Å². The van der Waals surface area contributed by atoms with Crippen LogP contribution in [-0.2, 0) is 11.3 Å². The fourth-order valence-corrected chi connectivity index (χ4v) is 4.18. The van der Waals surface area contributed by atoms with E-state index in [2.05, 4.69) is 20.4 Å². The lowest BCUT2D eigenvalue weighted by molar-refractivity contribution is 0.103. The number of aryl methyl sites for hydroxylation is 1. The zero-order valence-corrected chi connectivity index (χ0v) is 14.9. The van der Waals surface area contributed by atoms with Gasteiger partial charge in [0.2, 0.25) is 4.96 Å². The number of nitrogens with zero attached hydrogens (tertiary/aromatic N) is 6. The highest BCUT2D eigenvalue weighted by atomic mass is 32.1. The minimum Gasteiger partial charge on any atom is -0.370 e. The Morgan fingerprint density at radius 2 is 2.08 bits per heavy atom. The normalized spacial score (nSPS) is 17.5. The molecule has 8 nitrogen and oxygen atoms in total. The van der Waals surface area contributed by atoms with Crippen molar-refractivity contribution >= 4 is 27.1 Å². The van der Waals surface area contributed by atoms with Crippen molar-refractivity contribution in [3.05, 3.63) is 51.1 Å². The first-order chi connectivity index (χ1) is 12.7. The molecular formula is C17H16N6O2S. The summed E-state index contributed by atoms with van der Waals surface area (Å²) in [6.07, 6.45) is 1.90. The third kappa shape index (κ3) is 2.43. The third-order valence-corrected chi connectivity index (χ3v) is 5.50. The number of benzene rings is 1. The van der Waals surface area contributed by atoms with Gasteiger partial charge in [0.1, 0.15) is 11.1 Å². The van der Waals surface area contributed by atoms with Gasteiger partial charge in [-0.15, -0.1) is 10.2 Å². The van der Waals surface area contributed by atoms with E-state index < -0.39 is 0 Å². The van der Waals surface area contributed by atoms with E-state index in [4.69, 9.17) is 4.74 Å². The Morgan fingerprint density at radius 1 is 1.23 bits per heavy atom. The van der Waals surface area contributed by atoms with Crippen LogP contribution < -0.4 is 5.56 Å². The molecule has 1 saturated heterocycles. The second kappa shape index (κ2) is 5.96. The molecule has 1 atom stereocenters. The van der Waals surface area contributed by atoms with E-state index in [1.165, 1.54) is 16.0 Å². The quantitative estimate of drug-likeness (QED) is 0.550.